The second-order valence-electron chi connectivity index (χ2n) is 8.14. The molecule has 0 fully saturated rings. The van der Waals surface area contributed by atoms with Crippen LogP contribution >= 0.6 is 0 Å². The molecule has 1 amide bonds. The first-order valence-electron chi connectivity index (χ1n) is 10.8. The van der Waals surface area contributed by atoms with E-state index in [9.17, 15) is 9.90 Å². The fraction of sp³-hybridized carbons (Fsp3) is 0.417. The third-order valence-corrected chi connectivity index (χ3v) is 5.69. The Morgan fingerprint density at radius 3 is 2.65 bits per heavy atom. The van der Waals surface area contributed by atoms with E-state index in [0.29, 0.717) is 38.1 Å². The minimum atomic E-state index is -0.966. The van der Waals surface area contributed by atoms with Crippen molar-refractivity contribution in [3.05, 3.63) is 65.5 Å². The zero-order valence-electron chi connectivity index (χ0n) is 18.3. The Morgan fingerprint density at radius 2 is 1.94 bits per heavy atom. The summed E-state index contributed by atoms with van der Waals surface area (Å²) in [4.78, 5) is 17.3. The van der Waals surface area contributed by atoms with E-state index in [4.69, 9.17) is 11.5 Å². The summed E-state index contributed by atoms with van der Waals surface area (Å²) in [5, 5.41) is 14.2. The van der Waals surface area contributed by atoms with Gasteiger partial charge >= 0.3 is 0 Å². The predicted octanol–water partition coefficient (Wildman–Crippen LogP) is 2.10. The molecule has 3 aromatic rings. The molecule has 0 spiro atoms. The zero-order chi connectivity index (χ0) is 22.4. The molecule has 3 atom stereocenters. The summed E-state index contributed by atoms with van der Waals surface area (Å²) in [7, 11) is 1.89. The quantitative estimate of drug-likeness (QED) is 0.398. The van der Waals surface area contributed by atoms with E-state index >= 15 is 0 Å². The van der Waals surface area contributed by atoms with Crippen LogP contribution in [-0.4, -0.2) is 39.2 Å². The Morgan fingerprint density at radius 1 is 1.19 bits per heavy atom. The number of benzene rings is 2. The molecular formula is C24H33N5O2. The van der Waals surface area contributed by atoms with Crippen molar-refractivity contribution >= 4 is 16.9 Å². The third-order valence-electron chi connectivity index (χ3n) is 5.69. The van der Waals surface area contributed by atoms with Crippen LogP contribution in [-0.2, 0) is 18.3 Å². The lowest BCUT2D eigenvalue weighted by atomic mass is 9.99. The van der Waals surface area contributed by atoms with Crippen LogP contribution in [0.15, 0.2) is 48.5 Å². The molecule has 0 bridgehead atoms. The number of aliphatic hydroxyl groups is 1. The van der Waals surface area contributed by atoms with Crippen molar-refractivity contribution in [3.8, 4) is 0 Å². The van der Waals surface area contributed by atoms with E-state index in [-0.39, 0.29) is 5.91 Å². The third kappa shape index (κ3) is 5.70. The molecule has 7 heteroatoms. The normalized spacial score (nSPS) is 14.4. The Hall–Kier alpha value is -2.74. The van der Waals surface area contributed by atoms with E-state index < -0.39 is 18.2 Å². The van der Waals surface area contributed by atoms with Gasteiger partial charge in [0.15, 0.2) is 0 Å². The van der Waals surface area contributed by atoms with Crippen LogP contribution in [0.4, 0.5) is 0 Å². The lowest BCUT2D eigenvalue weighted by Crippen LogP contribution is -2.48. The number of imidazole rings is 1. The first-order valence-corrected chi connectivity index (χ1v) is 10.8. The van der Waals surface area contributed by atoms with Gasteiger partial charge in [0.1, 0.15) is 11.9 Å². The molecule has 0 aliphatic rings. The minimum Gasteiger partial charge on any atom is -0.383 e. The monoisotopic (exact) mass is 423 g/mol. The van der Waals surface area contributed by atoms with Crippen molar-refractivity contribution in [3.63, 3.8) is 0 Å². The number of aliphatic hydroxyl groups excluding tert-OH is 1. The lowest BCUT2D eigenvalue weighted by Gasteiger charge is -2.25. The van der Waals surface area contributed by atoms with Crippen molar-refractivity contribution in [2.45, 2.75) is 50.8 Å². The number of nitrogens with one attached hydrogen (secondary N) is 1. The molecule has 2 aromatic carbocycles. The fourth-order valence-electron chi connectivity index (χ4n) is 3.80. The fourth-order valence-corrected chi connectivity index (χ4v) is 3.80. The van der Waals surface area contributed by atoms with Crippen LogP contribution in [0.3, 0.4) is 0 Å². The zero-order valence-corrected chi connectivity index (χ0v) is 18.3. The summed E-state index contributed by atoms with van der Waals surface area (Å²) in [6, 6.07) is 14.8. The maximum absolute atomic E-state index is 12.7. The number of nitrogens with two attached hydrogens (primary N) is 2. The van der Waals surface area contributed by atoms with Gasteiger partial charge in [0.05, 0.1) is 23.1 Å². The van der Waals surface area contributed by atoms with Crippen LogP contribution in [0.25, 0.3) is 11.0 Å². The highest BCUT2D eigenvalue weighted by Gasteiger charge is 2.28. The predicted molar refractivity (Wildman–Crippen MR) is 123 cm³/mol. The Bertz CT molecular complexity index is 1000. The number of aryl methyl sites for hydroxylation is 3. The summed E-state index contributed by atoms with van der Waals surface area (Å²) in [6.07, 6.45) is 1.49. The van der Waals surface area contributed by atoms with Gasteiger partial charge in [0.25, 0.3) is 0 Å². The molecule has 0 saturated heterocycles. The summed E-state index contributed by atoms with van der Waals surface area (Å²) < 4.78 is 1.89. The van der Waals surface area contributed by atoms with Gasteiger partial charge in [-0.1, -0.05) is 36.4 Å². The van der Waals surface area contributed by atoms with Crippen LogP contribution in [0.5, 0.6) is 0 Å². The van der Waals surface area contributed by atoms with Gasteiger partial charge in [0, 0.05) is 7.05 Å². The molecule has 1 aromatic heterocycles. The maximum Gasteiger partial charge on any atom is 0.237 e. The summed E-state index contributed by atoms with van der Waals surface area (Å²) in [6.45, 7) is 2.51. The molecule has 1 unspecified atom stereocenters. The van der Waals surface area contributed by atoms with Gasteiger partial charge in [-0.25, -0.2) is 4.98 Å². The molecule has 0 radical (unpaired) electrons. The summed E-state index contributed by atoms with van der Waals surface area (Å²) >= 11 is 0. The van der Waals surface area contributed by atoms with Crippen LogP contribution < -0.4 is 16.8 Å². The maximum atomic E-state index is 12.7. The second-order valence-corrected chi connectivity index (χ2v) is 8.14. The molecule has 0 saturated carbocycles. The van der Waals surface area contributed by atoms with Crippen molar-refractivity contribution in [1.29, 1.82) is 0 Å². The molecule has 6 N–H and O–H groups in total. The summed E-state index contributed by atoms with van der Waals surface area (Å²) in [5.41, 5.74) is 15.6. The van der Waals surface area contributed by atoms with Crippen molar-refractivity contribution < 1.29 is 9.90 Å². The molecule has 0 aliphatic carbocycles. The first kappa shape index (κ1) is 22.9. The van der Waals surface area contributed by atoms with E-state index in [2.05, 4.69) is 10.3 Å². The van der Waals surface area contributed by atoms with Crippen molar-refractivity contribution in [2.75, 3.05) is 6.54 Å². The second kappa shape index (κ2) is 10.5. The summed E-state index contributed by atoms with van der Waals surface area (Å²) in [5.74, 6) is 0.245. The van der Waals surface area contributed by atoms with Gasteiger partial charge in [0.2, 0.25) is 5.91 Å². The largest absolute Gasteiger partial charge is 0.383 e. The molecule has 7 nitrogen and oxygen atoms in total. The molecular weight excluding hydrogens is 390 g/mol. The number of rotatable bonds is 10. The molecule has 31 heavy (non-hydrogen) atoms. The molecule has 0 aliphatic heterocycles. The van der Waals surface area contributed by atoms with E-state index in [1.165, 1.54) is 0 Å². The number of carbonyl (C=O) groups excluding carboxylic acids is 1. The number of hydrogen-bond acceptors (Lipinski definition) is 5. The number of carbonyl (C=O) groups is 1. The SMILES string of the molecule is Cc1ccc2nc(C(O)[C@@H](CCc3ccccc3)NC(=O)[C@H](N)CCCN)n(C)c2c1. The molecule has 1 heterocycles. The highest BCUT2D eigenvalue weighted by Crippen LogP contribution is 2.25. The van der Waals surface area contributed by atoms with Crippen LogP contribution in [0.2, 0.25) is 0 Å². The highest BCUT2D eigenvalue weighted by molar-refractivity contribution is 5.82. The minimum absolute atomic E-state index is 0.278. The Kier molecular flexibility index (Phi) is 7.79. The van der Waals surface area contributed by atoms with Gasteiger partial charge in [-0.3, -0.25) is 4.79 Å². The number of nitrogens with zero attached hydrogens (tertiary/aromatic N) is 2. The van der Waals surface area contributed by atoms with Crippen LogP contribution in [0, 0.1) is 6.92 Å². The number of aromatic nitrogens is 2. The lowest BCUT2D eigenvalue weighted by molar-refractivity contribution is -0.124. The average molecular weight is 424 g/mol. The van der Waals surface area contributed by atoms with E-state index in [1.807, 2.05) is 67.1 Å². The highest BCUT2D eigenvalue weighted by atomic mass is 16.3. The smallest absolute Gasteiger partial charge is 0.237 e. The van der Waals surface area contributed by atoms with Gasteiger partial charge in [-0.05, 0) is 62.4 Å². The first-order chi connectivity index (χ1) is 14.9. The number of hydrogen-bond donors (Lipinski definition) is 4. The van der Waals surface area contributed by atoms with E-state index in [0.717, 1.165) is 22.2 Å². The number of amides is 1. The standard InChI is InChI=1S/C24H33N5O2/c1-16-10-12-19-21(15-16)29(2)23(27-19)22(30)20(13-11-17-7-4-3-5-8-17)28-24(31)18(26)9-6-14-25/h3-5,7-8,10,12,15,18,20,22,30H,6,9,11,13-14,25-26H2,1-2H3,(H,28,31)/t18-,20-,22?/m1/s1. The van der Waals surface area contributed by atoms with Gasteiger partial charge in [-0.15, -0.1) is 0 Å². The topological polar surface area (TPSA) is 119 Å². The Balaban J connectivity index is 1.83. The number of fused-ring (bicyclic) bond motifs is 1. The van der Waals surface area contributed by atoms with Gasteiger partial charge < -0.3 is 26.5 Å². The molecule has 3 rings (SSSR count). The van der Waals surface area contributed by atoms with E-state index in [1.54, 1.807) is 0 Å². The average Bonchev–Trinajstić information content (AvgIpc) is 3.10. The van der Waals surface area contributed by atoms with Gasteiger partial charge in [-0.2, -0.15) is 0 Å². The Labute approximate surface area is 183 Å². The van der Waals surface area contributed by atoms with Crippen molar-refractivity contribution in [1.82, 2.24) is 14.9 Å². The van der Waals surface area contributed by atoms with Crippen LogP contribution in [0.1, 0.15) is 42.3 Å². The van der Waals surface area contributed by atoms with Crippen molar-refractivity contribution in [2.24, 2.45) is 18.5 Å². The molecule has 166 valence electrons.